The van der Waals surface area contributed by atoms with E-state index in [-0.39, 0.29) is 5.92 Å². The molecule has 1 amide bonds. The molecular weight excluding hydrogens is 236 g/mol. The van der Waals surface area contributed by atoms with E-state index in [1.807, 2.05) is 0 Å². The van der Waals surface area contributed by atoms with Gasteiger partial charge in [0, 0.05) is 18.6 Å². The number of likely N-dealkylation sites (tertiary alicyclic amines) is 1. The van der Waals surface area contributed by atoms with Crippen LogP contribution in [0.5, 0.6) is 0 Å². The second-order valence-corrected chi connectivity index (χ2v) is 6.95. The van der Waals surface area contributed by atoms with Crippen molar-refractivity contribution in [3.8, 4) is 0 Å². The Hall–Kier alpha value is -0.570. The Labute approximate surface area is 117 Å². The van der Waals surface area contributed by atoms with Gasteiger partial charge in [-0.3, -0.25) is 4.79 Å². The van der Waals surface area contributed by atoms with Crippen LogP contribution in [0.15, 0.2) is 0 Å². The van der Waals surface area contributed by atoms with Gasteiger partial charge in [0.2, 0.25) is 5.91 Å². The summed E-state index contributed by atoms with van der Waals surface area (Å²) in [5, 5.41) is 3.42. The molecule has 19 heavy (non-hydrogen) atoms. The zero-order chi connectivity index (χ0) is 13.4. The van der Waals surface area contributed by atoms with Gasteiger partial charge in [-0.1, -0.05) is 19.8 Å². The predicted octanol–water partition coefficient (Wildman–Crippen LogP) is 2.41. The number of rotatable bonds is 1. The Balaban J connectivity index is 1.74. The van der Waals surface area contributed by atoms with Crippen molar-refractivity contribution in [2.24, 2.45) is 17.8 Å². The molecule has 0 radical (unpaired) electrons. The number of nitrogens with one attached hydrogen (secondary N) is 1. The highest BCUT2D eigenvalue weighted by Crippen LogP contribution is 2.39. The van der Waals surface area contributed by atoms with Gasteiger partial charge in [0.25, 0.3) is 0 Å². The Morgan fingerprint density at radius 2 is 1.89 bits per heavy atom. The van der Waals surface area contributed by atoms with E-state index >= 15 is 0 Å². The van der Waals surface area contributed by atoms with E-state index in [1.54, 1.807) is 0 Å². The average Bonchev–Trinajstić information content (AvgIpc) is 2.85. The van der Waals surface area contributed by atoms with E-state index in [0.717, 1.165) is 31.3 Å². The zero-order valence-corrected chi connectivity index (χ0v) is 12.4. The number of piperidine rings is 1. The van der Waals surface area contributed by atoms with Gasteiger partial charge in [-0.25, -0.2) is 0 Å². The fraction of sp³-hybridized carbons (Fsp3) is 0.938. The Kier molecular flexibility index (Phi) is 3.84. The minimum Gasteiger partial charge on any atom is -0.339 e. The number of hydrogen-bond acceptors (Lipinski definition) is 2. The molecule has 0 spiro atoms. The van der Waals surface area contributed by atoms with E-state index < -0.39 is 0 Å². The maximum absolute atomic E-state index is 12.9. The molecule has 2 heterocycles. The molecule has 3 aliphatic rings. The Bertz CT molecular complexity index is 344. The van der Waals surface area contributed by atoms with Gasteiger partial charge >= 0.3 is 0 Å². The van der Waals surface area contributed by atoms with Crippen molar-refractivity contribution in [1.82, 2.24) is 10.2 Å². The van der Waals surface area contributed by atoms with Crippen molar-refractivity contribution in [2.75, 3.05) is 13.1 Å². The van der Waals surface area contributed by atoms with Crippen LogP contribution in [-0.2, 0) is 4.79 Å². The molecule has 0 aromatic heterocycles. The lowest BCUT2D eigenvalue weighted by Crippen LogP contribution is -2.54. The first-order valence-corrected chi connectivity index (χ1v) is 8.22. The van der Waals surface area contributed by atoms with Crippen molar-refractivity contribution in [3.63, 3.8) is 0 Å². The molecule has 0 bridgehead atoms. The third-order valence-corrected chi connectivity index (χ3v) is 5.86. The van der Waals surface area contributed by atoms with Gasteiger partial charge in [0.15, 0.2) is 0 Å². The Morgan fingerprint density at radius 1 is 1.11 bits per heavy atom. The molecule has 0 aromatic rings. The molecule has 3 rings (SSSR count). The second-order valence-electron chi connectivity index (χ2n) is 6.95. The monoisotopic (exact) mass is 264 g/mol. The summed E-state index contributed by atoms with van der Waals surface area (Å²) < 4.78 is 0. The smallest absolute Gasteiger partial charge is 0.227 e. The number of amides is 1. The first kappa shape index (κ1) is 13.4. The summed E-state index contributed by atoms with van der Waals surface area (Å²) in [4.78, 5) is 15.1. The number of carbonyl (C=O) groups is 1. The molecular formula is C16H28N2O. The molecule has 3 nitrogen and oxygen atoms in total. The SMILES string of the molecule is CC1CCN(C(=O)C2CCNC2C)C2CCCCC12. The van der Waals surface area contributed by atoms with Crippen LogP contribution >= 0.6 is 0 Å². The molecule has 5 unspecified atom stereocenters. The zero-order valence-electron chi connectivity index (χ0n) is 12.4. The van der Waals surface area contributed by atoms with Crippen LogP contribution in [0.2, 0.25) is 0 Å². The van der Waals surface area contributed by atoms with Crippen molar-refractivity contribution >= 4 is 5.91 Å². The normalized spacial score (nSPS) is 43.1. The summed E-state index contributed by atoms with van der Waals surface area (Å²) in [5.74, 6) is 2.27. The van der Waals surface area contributed by atoms with E-state index in [1.165, 1.54) is 32.1 Å². The number of fused-ring (bicyclic) bond motifs is 1. The van der Waals surface area contributed by atoms with E-state index in [4.69, 9.17) is 0 Å². The predicted molar refractivity (Wildman–Crippen MR) is 76.8 cm³/mol. The fourth-order valence-corrected chi connectivity index (χ4v) is 4.60. The van der Waals surface area contributed by atoms with Crippen LogP contribution in [-0.4, -0.2) is 36.0 Å². The molecule has 2 saturated heterocycles. The van der Waals surface area contributed by atoms with Crippen LogP contribution < -0.4 is 5.32 Å². The molecule has 5 atom stereocenters. The summed E-state index contributed by atoms with van der Waals surface area (Å²) in [7, 11) is 0. The van der Waals surface area contributed by atoms with Crippen LogP contribution in [0.25, 0.3) is 0 Å². The molecule has 1 saturated carbocycles. The second kappa shape index (κ2) is 5.43. The maximum atomic E-state index is 12.9. The number of hydrogen-bond donors (Lipinski definition) is 1. The van der Waals surface area contributed by atoms with Crippen LogP contribution in [0, 0.1) is 17.8 Å². The molecule has 2 aliphatic heterocycles. The third-order valence-electron chi connectivity index (χ3n) is 5.86. The lowest BCUT2D eigenvalue weighted by molar-refractivity contribution is -0.143. The van der Waals surface area contributed by atoms with Gasteiger partial charge < -0.3 is 10.2 Å². The van der Waals surface area contributed by atoms with Crippen LogP contribution in [0.4, 0.5) is 0 Å². The first-order valence-electron chi connectivity index (χ1n) is 8.22. The largest absolute Gasteiger partial charge is 0.339 e. The van der Waals surface area contributed by atoms with Crippen LogP contribution in [0.3, 0.4) is 0 Å². The number of carbonyl (C=O) groups excluding carboxylic acids is 1. The molecule has 108 valence electrons. The summed E-state index contributed by atoms with van der Waals surface area (Å²) in [6, 6.07) is 0.923. The highest BCUT2D eigenvalue weighted by Gasteiger charge is 2.42. The maximum Gasteiger partial charge on any atom is 0.227 e. The van der Waals surface area contributed by atoms with Gasteiger partial charge in [0.1, 0.15) is 0 Å². The summed E-state index contributed by atoms with van der Waals surface area (Å²) in [6.45, 7) is 6.57. The van der Waals surface area contributed by atoms with E-state index in [9.17, 15) is 4.79 Å². The minimum atomic E-state index is 0.232. The van der Waals surface area contributed by atoms with Crippen molar-refractivity contribution in [1.29, 1.82) is 0 Å². The molecule has 1 aliphatic carbocycles. The summed E-state index contributed by atoms with van der Waals surface area (Å²) in [5.41, 5.74) is 0. The minimum absolute atomic E-state index is 0.232. The van der Waals surface area contributed by atoms with E-state index in [0.29, 0.717) is 18.0 Å². The number of nitrogens with zero attached hydrogens (tertiary/aromatic N) is 1. The van der Waals surface area contributed by atoms with E-state index in [2.05, 4.69) is 24.1 Å². The lowest BCUT2D eigenvalue weighted by Gasteiger charge is -2.48. The molecule has 1 N–H and O–H groups in total. The van der Waals surface area contributed by atoms with Gasteiger partial charge in [-0.05, 0) is 51.0 Å². The van der Waals surface area contributed by atoms with Gasteiger partial charge in [-0.2, -0.15) is 0 Å². The van der Waals surface area contributed by atoms with Crippen molar-refractivity contribution in [2.45, 2.75) is 64.5 Å². The topological polar surface area (TPSA) is 32.3 Å². The average molecular weight is 264 g/mol. The van der Waals surface area contributed by atoms with Gasteiger partial charge in [-0.15, -0.1) is 0 Å². The fourth-order valence-electron chi connectivity index (χ4n) is 4.60. The van der Waals surface area contributed by atoms with Crippen molar-refractivity contribution in [3.05, 3.63) is 0 Å². The highest BCUT2D eigenvalue weighted by molar-refractivity contribution is 5.80. The highest BCUT2D eigenvalue weighted by atomic mass is 16.2. The molecule has 3 heteroatoms. The van der Waals surface area contributed by atoms with Crippen molar-refractivity contribution < 1.29 is 4.79 Å². The standard InChI is InChI=1S/C16H28N2O/c1-11-8-10-18(15-6-4-3-5-13(11)15)16(19)14-7-9-17-12(14)2/h11-15,17H,3-10H2,1-2H3. The summed E-state index contributed by atoms with van der Waals surface area (Å²) in [6.07, 6.45) is 7.51. The summed E-state index contributed by atoms with van der Waals surface area (Å²) >= 11 is 0. The molecule has 3 fully saturated rings. The Morgan fingerprint density at radius 3 is 2.63 bits per heavy atom. The molecule has 0 aromatic carbocycles. The lowest BCUT2D eigenvalue weighted by atomic mass is 9.72. The third kappa shape index (κ3) is 2.42. The van der Waals surface area contributed by atoms with Crippen LogP contribution in [0.1, 0.15) is 52.4 Å². The van der Waals surface area contributed by atoms with Gasteiger partial charge in [0.05, 0.1) is 5.92 Å². The first-order chi connectivity index (χ1) is 9.18. The quantitative estimate of drug-likeness (QED) is 0.789.